The number of rotatable bonds is 4. The molecule has 0 bridgehead atoms. The van der Waals surface area contributed by atoms with E-state index < -0.39 is 16.4 Å². The second-order valence-electron chi connectivity index (χ2n) is 2.93. The molecule has 110 valence electrons. The maximum absolute atomic E-state index is 10.0. The molecule has 7 nitrogen and oxygen atoms in total. The van der Waals surface area contributed by atoms with Gasteiger partial charge in [0.05, 0.1) is 6.61 Å². The highest BCUT2D eigenvalue weighted by atomic mass is 32.3. The van der Waals surface area contributed by atoms with Gasteiger partial charge in [0.1, 0.15) is 0 Å². The van der Waals surface area contributed by atoms with Gasteiger partial charge in [0.15, 0.2) is 0 Å². The molecule has 0 atom stereocenters. The largest absolute Gasteiger partial charge is 0.478 e. The molecule has 0 radical (unpaired) electrons. The molecule has 0 fully saturated rings. The monoisotopic (exact) mass is 285 g/mol. The first-order valence-corrected chi connectivity index (χ1v) is 6.63. The number of carboxylic acid groups (broad SMARTS) is 1. The highest BCUT2D eigenvalue weighted by Crippen LogP contribution is 1.92. The molecule has 0 unspecified atom stereocenters. The Hall–Kier alpha value is -0.960. The van der Waals surface area contributed by atoms with Gasteiger partial charge in [-0.15, -0.1) is 0 Å². The topological polar surface area (TPSA) is 113 Å². The Labute approximate surface area is 109 Å². The lowest BCUT2D eigenvalue weighted by Gasteiger charge is -1.88. The van der Waals surface area contributed by atoms with Crippen LogP contribution in [0, 0.1) is 0 Å². The van der Waals surface area contributed by atoms with Crippen molar-refractivity contribution in [2.75, 3.05) is 20.7 Å². The number of hydrogen-bond acceptors (Lipinski definition) is 5. The highest BCUT2D eigenvalue weighted by molar-refractivity contribution is 7.80. The fourth-order valence-electron chi connectivity index (χ4n) is 0.542. The molecule has 0 aliphatic carbocycles. The van der Waals surface area contributed by atoms with Crippen LogP contribution in [0.1, 0.15) is 27.2 Å². The van der Waals surface area contributed by atoms with E-state index in [2.05, 4.69) is 9.50 Å². The van der Waals surface area contributed by atoms with Crippen LogP contribution >= 0.6 is 0 Å². The summed E-state index contributed by atoms with van der Waals surface area (Å²) in [4.78, 5) is 10.0. The molecule has 0 heterocycles. The molecule has 8 heteroatoms. The molecule has 0 saturated carbocycles. The maximum atomic E-state index is 10.0. The second-order valence-corrected chi connectivity index (χ2v) is 4.03. The third-order valence-electron chi connectivity index (χ3n) is 1.11. The lowest BCUT2D eigenvalue weighted by molar-refractivity contribution is -0.132. The quantitative estimate of drug-likeness (QED) is 0.523. The Kier molecular flexibility index (Phi) is 17.4. The van der Waals surface area contributed by atoms with Gasteiger partial charge in [-0.05, 0) is 34.4 Å². The van der Waals surface area contributed by atoms with E-state index in [1.807, 2.05) is 21.0 Å². The molecule has 0 spiro atoms. The minimum absolute atomic E-state index is 0.0289. The summed E-state index contributed by atoms with van der Waals surface area (Å²) in [5.41, 5.74) is 0.424. The Balaban J connectivity index is -0.000000207. The fraction of sp³-hybridized carbons (Fsp3) is 0.700. The molecule has 18 heavy (non-hydrogen) atoms. The van der Waals surface area contributed by atoms with Crippen molar-refractivity contribution in [1.82, 2.24) is 5.32 Å². The summed E-state index contributed by atoms with van der Waals surface area (Å²) in [6.07, 6.45) is 2.47. The number of aliphatic carboxylic acids is 1. The van der Waals surface area contributed by atoms with Crippen LogP contribution in [0.25, 0.3) is 0 Å². The van der Waals surface area contributed by atoms with Crippen LogP contribution in [0.2, 0.25) is 0 Å². The van der Waals surface area contributed by atoms with Crippen molar-refractivity contribution in [2.24, 2.45) is 0 Å². The average Bonchev–Trinajstić information content (AvgIpc) is 2.18. The van der Waals surface area contributed by atoms with Gasteiger partial charge < -0.3 is 10.4 Å². The van der Waals surface area contributed by atoms with E-state index in [1.165, 1.54) is 6.92 Å². The number of carbonyl (C=O) groups is 1. The molecule has 0 aromatic carbocycles. The zero-order valence-corrected chi connectivity index (χ0v) is 12.2. The molecule has 0 aromatic heterocycles. The first-order valence-electron chi connectivity index (χ1n) is 5.26. The third-order valence-corrected chi connectivity index (χ3v) is 1.65. The summed E-state index contributed by atoms with van der Waals surface area (Å²) in [5.74, 6) is -0.827. The van der Waals surface area contributed by atoms with E-state index in [4.69, 9.17) is 9.66 Å². The van der Waals surface area contributed by atoms with Crippen LogP contribution in [0.4, 0.5) is 0 Å². The Morgan fingerprint density at radius 2 is 1.72 bits per heavy atom. The summed E-state index contributed by atoms with van der Waals surface area (Å²) in [5, 5.41) is 11.0. The minimum atomic E-state index is -4.17. The molecule has 0 saturated heterocycles. The fourth-order valence-corrected chi connectivity index (χ4v) is 0.840. The van der Waals surface area contributed by atoms with E-state index in [0.717, 1.165) is 6.42 Å². The van der Waals surface area contributed by atoms with Gasteiger partial charge in [0, 0.05) is 5.57 Å². The number of carboxylic acids is 1. The maximum Gasteiger partial charge on any atom is 0.397 e. The average molecular weight is 285 g/mol. The molecular weight excluding hydrogens is 262 g/mol. The van der Waals surface area contributed by atoms with Crippen molar-refractivity contribution in [3.8, 4) is 0 Å². The zero-order valence-electron chi connectivity index (χ0n) is 11.4. The molecule has 0 aliphatic rings. The van der Waals surface area contributed by atoms with Crippen LogP contribution in [0.3, 0.4) is 0 Å². The van der Waals surface area contributed by atoms with Crippen molar-refractivity contribution in [3.05, 3.63) is 11.6 Å². The van der Waals surface area contributed by atoms with Crippen LogP contribution in [-0.4, -0.2) is 44.7 Å². The number of allylic oxidation sites excluding steroid dienone is 1. The predicted molar refractivity (Wildman–Crippen MR) is 69.8 cm³/mol. The molecule has 0 amide bonds. The second kappa shape index (κ2) is 14.1. The standard InChI is InChI=1S/C6H10O2.C2H7N.C2H6O4S/c1-3-4-5(2)6(7)8;1-3-2;1-2-6-7(3,4)5/h4H,3H2,1-2H3,(H,7,8);3H,1-2H3;2H2,1H3,(H,3,4,5). The smallest absolute Gasteiger partial charge is 0.397 e. The lowest BCUT2D eigenvalue weighted by atomic mass is 10.2. The Morgan fingerprint density at radius 3 is 1.78 bits per heavy atom. The van der Waals surface area contributed by atoms with Gasteiger partial charge in [-0.3, -0.25) is 4.55 Å². The number of nitrogens with one attached hydrogen (secondary N) is 1. The van der Waals surface area contributed by atoms with E-state index in [9.17, 15) is 13.2 Å². The number of hydrogen-bond donors (Lipinski definition) is 3. The van der Waals surface area contributed by atoms with E-state index in [0.29, 0.717) is 5.57 Å². The Bertz CT molecular complexity index is 323. The minimum Gasteiger partial charge on any atom is -0.478 e. The van der Waals surface area contributed by atoms with Crippen LogP contribution in [0.5, 0.6) is 0 Å². The van der Waals surface area contributed by atoms with Crippen LogP contribution < -0.4 is 5.32 Å². The first kappa shape index (κ1) is 22.2. The normalized spacial score (nSPS) is 10.7. The zero-order chi connectivity index (χ0) is 15.2. The van der Waals surface area contributed by atoms with Gasteiger partial charge in [0.2, 0.25) is 0 Å². The third kappa shape index (κ3) is 29.4. The van der Waals surface area contributed by atoms with Crippen molar-refractivity contribution < 1.29 is 27.1 Å². The first-order chi connectivity index (χ1) is 8.16. The van der Waals surface area contributed by atoms with Gasteiger partial charge in [-0.25, -0.2) is 8.98 Å². The van der Waals surface area contributed by atoms with Crippen molar-refractivity contribution in [1.29, 1.82) is 0 Å². The summed E-state index contributed by atoms with van der Waals surface area (Å²) in [6.45, 7) is 4.94. The summed E-state index contributed by atoms with van der Waals surface area (Å²) in [6, 6.07) is 0. The van der Waals surface area contributed by atoms with Gasteiger partial charge in [-0.2, -0.15) is 8.42 Å². The predicted octanol–water partition coefficient (Wildman–Crippen LogP) is 1.09. The molecular formula is C10H23NO6S. The summed E-state index contributed by atoms with van der Waals surface area (Å²) in [7, 11) is -0.424. The van der Waals surface area contributed by atoms with Crippen molar-refractivity contribution in [3.63, 3.8) is 0 Å². The molecule has 0 aliphatic heterocycles. The van der Waals surface area contributed by atoms with E-state index >= 15 is 0 Å². The SMILES string of the molecule is CCC=C(C)C(=O)O.CCOS(=O)(=O)O.CNC. The van der Waals surface area contributed by atoms with E-state index in [1.54, 1.807) is 13.0 Å². The van der Waals surface area contributed by atoms with Crippen molar-refractivity contribution in [2.45, 2.75) is 27.2 Å². The van der Waals surface area contributed by atoms with E-state index in [-0.39, 0.29) is 6.61 Å². The molecule has 0 rings (SSSR count). The lowest BCUT2D eigenvalue weighted by Crippen LogP contribution is -2.01. The van der Waals surface area contributed by atoms with Gasteiger partial charge in [0.25, 0.3) is 0 Å². The van der Waals surface area contributed by atoms with Crippen LogP contribution in [0.15, 0.2) is 11.6 Å². The van der Waals surface area contributed by atoms with Gasteiger partial charge in [-0.1, -0.05) is 13.0 Å². The molecule has 3 N–H and O–H groups in total. The van der Waals surface area contributed by atoms with Gasteiger partial charge >= 0.3 is 16.4 Å². The van der Waals surface area contributed by atoms with Crippen LogP contribution in [-0.2, 0) is 19.4 Å². The summed E-state index contributed by atoms with van der Waals surface area (Å²) < 4.78 is 30.7. The van der Waals surface area contributed by atoms with Crippen molar-refractivity contribution >= 4 is 16.4 Å². The summed E-state index contributed by atoms with van der Waals surface area (Å²) >= 11 is 0. The molecule has 0 aromatic rings. The Morgan fingerprint density at radius 1 is 1.33 bits per heavy atom. The highest BCUT2D eigenvalue weighted by Gasteiger charge is 1.98.